The summed E-state index contributed by atoms with van der Waals surface area (Å²) in [6, 6.07) is 8.96. The van der Waals surface area contributed by atoms with Crippen LogP contribution in [0.1, 0.15) is 27.2 Å². The number of rotatable bonds is 9. The molecule has 0 radical (unpaired) electrons. The molecule has 0 saturated heterocycles. The van der Waals surface area contributed by atoms with Crippen molar-refractivity contribution in [2.75, 3.05) is 24.6 Å². The highest BCUT2D eigenvalue weighted by molar-refractivity contribution is 8.76. The van der Waals surface area contributed by atoms with Crippen LogP contribution in [-0.4, -0.2) is 36.6 Å². The molecule has 24 heavy (non-hydrogen) atoms. The quantitative estimate of drug-likeness (QED) is 0.512. The van der Waals surface area contributed by atoms with Crippen LogP contribution in [0.25, 0.3) is 0 Å². The fourth-order valence-electron chi connectivity index (χ4n) is 1.72. The molecule has 0 aliphatic carbocycles. The number of carbonyl (C=O) groups excluding carboxylic acids is 2. The summed E-state index contributed by atoms with van der Waals surface area (Å²) in [6.45, 7) is 7.35. The molecule has 0 spiro atoms. The van der Waals surface area contributed by atoms with Crippen LogP contribution in [0, 0.1) is 5.41 Å². The molecule has 2 amide bonds. The number of ether oxygens (including phenoxy) is 1. The zero-order valence-electron chi connectivity index (χ0n) is 14.5. The molecular weight excluding hydrogens is 344 g/mol. The Hall–Kier alpha value is -1.34. The Bertz CT molecular complexity index is 504. The van der Waals surface area contributed by atoms with Gasteiger partial charge >= 0.3 is 6.09 Å². The van der Waals surface area contributed by atoms with Crippen LogP contribution in [0.3, 0.4) is 0 Å². The summed E-state index contributed by atoms with van der Waals surface area (Å²) >= 11 is 0. The van der Waals surface area contributed by atoms with Crippen LogP contribution >= 0.6 is 21.6 Å². The summed E-state index contributed by atoms with van der Waals surface area (Å²) in [5.41, 5.74) is 0.0198. The minimum absolute atomic E-state index is 0.0198. The lowest BCUT2D eigenvalue weighted by Crippen LogP contribution is -2.29. The van der Waals surface area contributed by atoms with Gasteiger partial charge in [0.15, 0.2) is 0 Å². The first kappa shape index (κ1) is 20.7. The third-order valence-electron chi connectivity index (χ3n) is 2.69. The van der Waals surface area contributed by atoms with E-state index in [9.17, 15) is 9.59 Å². The largest absolute Gasteiger partial charge is 0.412 e. The number of benzene rings is 1. The van der Waals surface area contributed by atoms with Crippen molar-refractivity contribution in [2.45, 2.75) is 27.2 Å². The van der Waals surface area contributed by atoms with Gasteiger partial charge in [-0.05, 0) is 17.5 Å². The SMILES string of the molecule is CC(C)(C)CC(=O)NCCSSCCNC(=O)Oc1ccccc1. The third kappa shape index (κ3) is 11.2. The summed E-state index contributed by atoms with van der Waals surface area (Å²) < 4.78 is 5.11. The second-order valence-electron chi connectivity index (χ2n) is 6.36. The lowest BCUT2D eigenvalue weighted by atomic mass is 9.92. The Morgan fingerprint density at radius 1 is 1.00 bits per heavy atom. The Kier molecular flexibility index (Phi) is 9.71. The fourth-order valence-corrected chi connectivity index (χ4v) is 3.53. The second-order valence-corrected chi connectivity index (χ2v) is 9.06. The molecule has 1 aromatic carbocycles. The highest BCUT2D eigenvalue weighted by Crippen LogP contribution is 2.20. The highest BCUT2D eigenvalue weighted by atomic mass is 33.1. The van der Waals surface area contributed by atoms with E-state index in [4.69, 9.17) is 4.74 Å². The molecule has 5 nitrogen and oxygen atoms in total. The molecule has 0 bridgehead atoms. The van der Waals surface area contributed by atoms with Crippen molar-refractivity contribution in [1.82, 2.24) is 10.6 Å². The Labute approximate surface area is 152 Å². The molecule has 0 atom stereocenters. The van der Waals surface area contributed by atoms with E-state index >= 15 is 0 Å². The summed E-state index contributed by atoms with van der Waals surface area (Å²) in [7, 11) is 3.34. The number of para-hydroxylation sites is 1. The zero-order chi connectivity index (χ0) is 17.8. The molecule has 0 fully saturated rings. The number of nitrogens with one attached hydrogen (secondary N) is 2. The van der Waals surface area contributed by atoms with E-state index in [1.54, 1.807) is 33.7 Å². The van der Waals surface area contributed by atoms with Crippen LogP contribution in [0.4, 0.5) is 4.79 Å². The molecule has 0 heterocycles. The van der Waals surface area contributed by atoms with E-state index in [1.165, 1.54) is 0 Å². The van der Waals surface area contributed by atoms with Crippen LogP contribution in [0.2, 0.25) is 0 Å². The van der Waals surface area contributed by atoms with Gasteiger partial charge in [0, 0.05) is 31.0 Å². The van der Waals surface area contributed by atoms with E-state index in [2.05, 4.69) is 10.6 Å². The molecule has 0 saturated carbocycles. The Morgan fingerprint density at radius 3 is 2.17 bits per heavy atom. The van der Waals surface area contributed by atoms with Gasteiger partial charge in [0.2, 0.25) is 5.91 Å². The minimum atomic E-state index is -0.443. The predicted molar refractivity (Wildman–Crippen MR) is 102 cm³/mol. The van der Waals surface area contributed by atoms with Gasteiger partial charge < -0.3 is 15.4 Å². The van der Waals surface area contributed by atoms with Crippen molar-refractivity contribution in [3.63, 3.8) is 0 Å². The molecule has 0 aromatic heterocycles. The lowest BCUT2D eigenvalue weighted by Gasteiger charge is -2.17. The van der Waals surface area contributed by atoms with Crippen LogP contribution in [0.5, 0.6) is 5.75 Å². The Balaban J connectivity index is 1.95. The zero-order valence-corrected chi connectivity index (χ0v) is 16.1. The molecule has 1 aromatic rings. The molecule has 7 heteroatoms. The van der Waals surface area contributed by atoms with Gasteiger partial charge in [-0.2, -0.15) is 0 Å². The van der Waals surface area contributed by atoms with Crippen molar-refractivity contribution >= 4 is 33.6 Å². The Morgan fingerprint density at radius 2 is 1.58 bits per heavy atom. The van der Waals surface area contributed by atoms with Crippen LogP contribution in [0.15, 0.2) is 30.3 Å². The lowest BCUT2D eigenvalue weighted by molar-refractivity contribution is -0.122. The third-order valence-corrected chi connectivity index (χ3v) is 5.10. The molecule has 0 aliphatic heterocycles. The topological polar surface area (TPSA) is 67.4 Å². The van der Waals surface area contributed by atoms with Gasteiger partial charge in [0.25, 0.3) is 0 Å². The van der Waals surface area contributed by atoms with Crippen LogP contribution < -0.4 is 15.4 Å². The minimum Gasteiger partial charge on any atom is -0.410 e. The predicted octanol–water partition coefficient (Wildman–Crippen LogP) is 3.71. The average Bonchev–Trinajstić information content (AvgIpc) is 2.49. The first-order chi connectivity index (χ1) is 11.4. The van der Waals surface area contributed by atoms with E-state index in [-0.39, 0.29) is 11.3 Å². The summed E-state index contributed by atoms with van der Waals surface area (Å²) in [5, 5.41) is 5.61. The van der Waals surface area contributed by atoms with E-state index in [0.717, 1.165) is 11.5 Å². The van der Waals surface area contributed by atoms with Gasteiger partial charge in [-0.25, -0.2) is 4.79 Å². The smallest absolute Gasteiger partial charge is 0.410 e. The molecule has 2 N–H and O–H groups in total. The standard InChI is InChI=1S/C17H26N2O3S2/c1-17(2,3)13-15(20)18-9-11-23-24-12-10-19-16(21)22-14-7-5-4-6-8-14/h4-8H,9-13H2,1-3H3,(H,18,20)(H,19,21). The van der Waals surface area contributed by atoms with Gasteiger partial charge in [-0.15, -0.1) is 0 Å². The van der Waals surface area contributed by atoms with Crippen molar-refractivity contribution in [2.24, 2.45) is 5.41 Å². The monoisotopic (exact) mass is 370 g/mol. The number of amides is 2. The maximum atomic E-state index is 11.6. The molecule has 0 unspecified atom stereocenters. The van der Waals surface area contributed by atoms with Crippen molar-refractivity contribution in [3.05, 3.63) is 30.3 Å². The fraction of sp³-hybridized carbons (Fsp3) is 0.529. The summed E-state index contributed by atoms with van der Waals surface area (Å²) in [5.74, 6) is 2.25. The first-order valence-corrected chi connectivity index (χ1v) is 10.4. The number of hydrogen-bond donors (Lipinski definition) is 2. The van der Waals surface area contributed by atoms with Crippen molar-refractivity contribution < 1.29 is 14.3 Å². The van der Waals surface area contributed by atoms with Crippen molar-refractivity contribution in [1.29, 1.82) is 0 Å². The second kappa shape index (κ2) is 11.3. The summed E-state index contributed by atoms with van der Waals surface area (Å²) in [4.78, 5) is 23.2. The average molecular weight is 371 g/mol. The van der Waals surface area contributed by atoms with Gasteiger partial charge in [0.1, 0.15) is 5.75 Å². The van der Waals surface area contributed by atoms with E-state index in [1.807, 2.05) is 39.0 Å². The van der Waals surface area contributed by atoms with Gasteiger partial charge in [0.05, 0.1) is 0 Å². The maximum Gasteiger partial charge on any atom is 0.412 e. The number of hydrogen-bond acceptors (Lipinski definition) is 5. The highest BCUT2D eigenvalue weighted by Gasteiger charge is 2.15. The maximum absolute atomic E-state index is 11.6. The van der Waals surface area contributed by atoms with Crippen LogP contribution in [-0.2, 0) is 4.79 Å². The molecule has 134 valence electrons. The van der Waals surface area contributed by atoms with Gasteiger partial charge in [-0.1, -0.05) is 60.6 Å². The molecule has 0 aliphatic rings. The summed E-state index contributed by atoms with van der Waals surface area (Å²) in [6.07, 6.45) is 0.0966. The van der Waals surface area contributed by atoms with Gasteiger partial charge in [-0.3, -0.25) is 4.79 Å². The first-order valence-electron chi connectivity index (χ1n) is 7.89. The number of carbonyl (C=O) groups is 2. The molecular formula is C17H26N2O3S2. The van der Waals surface area contributed by atoms with Crippen molar-refractivity contribution in [3.8, 4) is 5.75 Å². The van der Waals surface area contributed by atoms with E-state index in [0.29, 0.717) is 25.3 Å². The van der Waals surface area contributed by atoms with E-state index < -0.39 is 6.09 Å². The normalized spacial score (nSPS) is 11.0. The molecule has 1 rings (SSSR count).